The van der Waals surface area contributed by atoms with E-state index in [0.717, 1.165) is 0 Å². The molecule has 0 saturated carbocycles. The van der Waals surface area contributed by atoms with Gasteiger partial charge < -0.3 is 9.47 Å². The smallest absolute Gasteiger partial charge is 0.412 e. The van der Waals surface area contributed by atoms with Crippen molar-refractivity contribution in [2.24, 2.45) is 0 Å². The van der Waals surface area contributed by atoms with E-state index in [1.165, 1.54) is 6.20 Å². The van der Waals surface area contributed by atoms with E-state index in [9.17, 15) is 4.79 Å². The van der Waals surface area contributed by atoms with Crippen LogP contribution in [0, 0.1) is 0 Å². The summed E-state index contributed by atoms with van der Waals surface area (Å²) in [6, 6.07) is 6.70. The van der Waals surface area contributed by atoms with Crippen molar-refractivity contribution in [1.82, 2.24) is 9.97 Å². The number of nitrogens with one attached hydrogen (secondary N) is 1. The molecule has 1 aromatic carbocycles. The molecule has 0 unspecified atom stereocenters. The van der Waals surface area contributed by atoms with E-state index in [0.29, 0.717) is 11.4 Å². The molecule has 0 radical (unpaired) electrons. The first-order valence-corrected chi connectivity index (χ1v) is 7.44. The van der Waals surface area contributed by atoms with Crippen LogP contribution in [0.4, 0.5) is 10.5 Å². The van der Waals surface area contributed by atoms with Crippen molar-refractivity contribution in [1.29, 1.82) is 0 Å². The molecule has 0 aliphatic heterocycles. The van der Waals surface area contributed by atoms with Crippen LogP contribution in [0.3, 0.4) is 0 Å². The number of ether oxygens (including phenoxy) is 2. The summed E-state index contributed by atoms with van der Waals surface area (Å²) in [5.74, 6) is 0.552. The lowest BCUT2D eigenvalue weighted by molar-refractivity contribution is 0.0636. The third-order valence-electron chi connectivity index (χ3n) is 2.38. The molecule has 0 aliphatic carbocycles. The van der Waals surface area contributed by atoms with Crippen LogP contribution in [0.1, 0.15) is 20.8 Å². The van der Waals surface area contributed by atoms with E-state index in [-0.39, 0.29) is 16.2 Å². The molecule has 122 valence electrons. The number of aromatic nitrogens is 2. The zero-order chi connectivity index (χ0) is 17.0. The van der Waals surface area contributed by atoms with Gasteiger partial charge in [-0.15, -0.1) is 0 Å². The number of anilines is 1. The fourth-order valence-electron chi connectivity index (χ4n) is 1.57. The first kappa shape index (κ1) is 17.3. The minimum Gasteiger partial charge on any atom is -0.444 e. The molecule has 0 fully saturated rings. The van der Waals surface area contributed by atoms with Gasteiger partial charge in [0, 0.05) is 11.8 Å². The third-order valence-corrected chi connectivity index (χ3v) is 2.82. The van der Waals surface area contributed by atoms with Crippen LogP contribution in [0.2, 0.25) is 10.3 Å². The SMILES string of the molecule is CC(C)(C)OC(=O)Nc1cccc(Oc2nc(Cl)ncc2Cl)c1. The Morgan fingerprint density at radius 2 is 2.00 bits per heavy atom. The highest BCUT2D eigenvalue weighted by Crippen LogP contribution is 2.29. The summed E-state index contributed by atoms with van der Waals surface area (Å²) in [6.45, 7) is 5.35. The second-order valence-electron chi connectivity index (χ2n) is 5.55. The number of hydrogen-bond donors (Lipinski definition) is 1. The van der Waals surface area contributed by atoms with E-state index in [2.05, 4.69) is 15.3 Å². The van der Waals surface area contributed by atoms with Crippen LogP contribution in [0.15, 0.2) is 30.5 Å². The van der Waals surface area contributed by atoms with Gasteiger partial charge in [0.2, 0.25) is 11.2 Å². The summed E-state index contributed by atoms with van der Waals surface area (Å²) in [4.78, 5) is 19.4. The van der Waals surface area contributed by atoms with Crippen LogP contribution < -0.4 is 10.1 Å². The number of amides is 1. The summed E-state index contributed by atoms with van der Waals surface area (Å²) < 4.78 is 10.7. The summed E-state index contributed by atoms with van der Waals surface area (Å²) in [5.41, 5.74) is -0.0725. The van der Waals surface area contributed by atoms with Gasteiger partial charge in [0.15, 0.2) is 0 Å². The minimum absolute atomic E-state index is 0.0208. The Hall–Kier alpha value is -2.05. The lowest BCUT2D eigenvalue weighted by atomic mass is 10.2. The molecule has 6 nitrogen and oxygen atoms in total. The summed E-state index contributed by atoms with van der Waals surface area (Å²) in [6.07, 6.45) is 0.785. The molecule has 8 heteroatoms. The van der Waals surface area contributed by atoms with Gasteiger partial charge in [0.25, 0.3) is 0 Å². The molecule has 1 aromatic heterocycles. The maximum Gasteiger partial charge on any atom is 0.412 e. The summed E-state index contributed by atoms with van der Waals surface area (Å²) >= 11 is 11.7. The van der Waals surface area contributed by atoms with Crippen LogP contribution in [-0.2, 0) is 4.74 Å². The zero-order valence-electron chi connectivity index (χ0n) is 12.8. The largest absolute Gasteiger partial charge is 0.444 e. The number of halogens is 2. The molecular formula is C15H15Cl2N3O3. The molecule has 1 amide bonds. The van der Waals surface area contributed by atoms with Crippen molar-refractivity contribution < 1.29 is 14.3 Å². The number of benzene rings is 1. The first-order chi connectivity index (χ1) is 10.7. The van der Waals surface area contributed by atoms with Gasteiger partial charge in [0.1, 0.15) is 16.4 Å². The molecule has 2 aromatic rings. The fraction of sp³-hybridized carbons (Fsp3) is 0.267. The van der Waals surface area contributed by atoms with Crippen molar-refractivity contribution in [2.45, 2.75) is 26.4 Å². The van der Waals surface area contributed by atoms with Gasteiger partial charge in [0.05, 0.1) is 6.20 Å². The molecule has 0 saturated heterocycles. The molecule has 0 atom stereocenters. The lowest BCUT2D eigenvalue weighted by Crippen LogP contribution is -2.27. The maximum atomic E-state index is 11.8. The minimum atomic E-state index is -0.580. The van der Waals surface area contributed by atoms with Crippen LogP contribution in [0.25, 0.3) is 0 Å². The highest BCUT2D eigenvalue weighted by atomic mass is 35.5. The average molecular weight is 356 g/mol. The van der Waals surface area contributed by atoms with Crippen LogP contribution in [-0.4, -0.2) is 21.7 Å². The van der Waals surface area contributed by atoms with Gasteiger partial charge >= 0.3 is 6.09 Å². The molecule has 0 bridgehead atoms. The normalized spacial score (nSPS) is 11.0. The molecule has 1 N–H and O–H groups in total. The fourth-order valence-corrected chi connectivity index (χ4v) is 1.83. The van der Waals surface area contributed by atoms with Crippen molar-refractivity contribution in [3.05, 3.63) is 40.8 Å². The highest BCUT2D eigenvalue weighted by molar-refractivity contribution is 6.32. The molecule has 23 heavy (non-hydrogen) atoms. The quantitative estimate of drug-likeness (QED) is 0.790. The molecule has 0 spiro atoms. The zero-order valence-corrected chi connectivity index (χ0v) is 14.3. The second kappa shape index (κ2) is 7.02. The summed E-state index contributed by atoms with van der Waals surface area (Å²) in [7, 11) is 0. The van der Waals surface area contributed by atoms with Gasteiger partial charge in [-0.3, -0.25) is 5.32 Å². The van der Waals surface area contributed by atoms with Gasteiger partial charge in [-0.25, -0.2) is 9.78 Å². The predicted molar refractivity (Wildman–Crippen MR) is 88.4 cm³/mol. The topological polar surface area (TPSA) is 73.3 Å². The van der Waals surface area contributed by atoms with E-state index in [4.69, 9.17) is 32.7 Å². The van der Waals surface area contributed by atoms with Crippen molar-refractivity contribution in [3.8, 4) is 11.6 Å². The molecule has 2 rings (SSSR count). The Morgan fingerprint density at radius 1 is 1.26 bits per heavy atom. The van der Waals surface area contributed by atoms with E-state index in [1.54, 1.807) is 45.0 Å². The van der Waals surface area contributed by atoms with Gasteiger partial charge in [-0.2, -0.15) is 4.98 Å². The Labute approximate surface area is 143 Å². The second-order valence-corrected chi connectivity index (χ2v) is 6.29. The maximum absolute atomic E-state index is 11.8. The van der Waals surface area contributed by atoms with Gasteiger partial charge in [-0.05, 0) is 44.5 Å². The van der Waals surface area contributed by atoms with Gasteiger partial charge in [-0.1, -0.05) is 17.7 Å². The van der Waals surface area contributed by atoms with E-state index < -0.39 is 11.7 Å². The van der Waals surface area contributed by atoms with E-state index >= 15 is 0 Å². The molecule has 0 aliphatic rings. The standard InChI is InChI=1S/C15H15Cl2N3O3/c1-15(2,3)23-14(21)19-9-5-4-6-10(7-9)22-12-11(16)8-18-13(17)20-12/h4-8H,1-3H3,(H,19,21). The monoisotopic (exact) mass is 355 g/mol. The number of carbonyl (C=O) groups excluding carboxylic acids is 1. The highest BCUT2D eigenvalue weighted by Gasteiger charge is 2.16. The number of hydrogen-bond acceptors (Lipinski definition) is 5. The number of carbonyl (C=O) groups is 1. The first-order valence-electron chi connectivity index (χ1n) is 6.69. The van der Waals surface area contributed by atoms with E-state index in [1.807, 2.05) is 0 Å². The van der Waals surface area contributed by atoms with Crippen LogP contribution >= 0.6 is 23.2 Å². The molecular weight excluding hydrogens is 341 g/mol. The van der Waals surface area contributed by atoms with Crippen molar-refractivity contribution in [2.75, 3.05) is 5.32 Å². The predicted octanol–water partition coefficient (Wildman–Crippen LogP) is 4.92. The number of rotatable bonds is 3. The third kappa shape index (κ3) is 5.58. The van der Waals surface area contributed by atoms with Crippen molar-refractivity contribution in [3.63, 3.8) is 0 Å². The van der Waals surface area contributed by atoms with Crippen LogP contribution in [0.5, 0.6) is 11.6 Å². The molecule has 1 heterocycles. The lowest BCUT2D eigenvalue weighted by Gasteiger charge is -2.19. The Bertz CT molecular complexity index is 717. The summed E-state index contributed by atoms with van der Waals surface area (Å²) in [5, 5.41) is 2.86. The Morgan fingerprint density at radius 3 is 2.70 bits per heavy atom. The van der Waals surface area contributed by atoms with Crippen molar-refractivity contribution >= 4 is 35.0 Å². The Kier molecular flexibility index (Phi) is 5.28. The average Bonchev–Trinajstić information content (AvgIpc) is 2.41. The Balaban J connectivity index is 2.11. The number of nitrogens with zero attached hydrogens (tertiary/aromatic N) is 2.